The minimum Gasteiger partial charge on any atom is -0.360 e. The molecule has 4 nitrogen and oxygen atoms in total. The van der Waals surface area contributed by atoms with Gasteiger partial charge in [0.2, 0.25) is 0 Å². The smallest absolute Gasteiger partial charge is 0.142 e. The summed E-state index contributed by atoms with van der Waals surface area (Å²) in [4.78, 5) is 4.49. The molecular formula is C16H23N3O. The van der Waals surface area contributed by atoms with E-state index in [1.54, 1.807) is 0 Å². The van der Waals surface area contributed by atoms with Crippen LogP contribution in [0.25, 0.3) is 11.0 Å². The van der Waals surface area contributed by atoms with E-state index in [1.807, 2.05) is 12.3 Å². The third-order valence-corrected chi connectivity index (χ3v) is 4.00. The van der Waals surface area contributed by atoms with Crippen molar-refractivity contribution in [2.24, 2.45) is 11.7 Å². The molecule has 4 heteroatoms. The number of aromatic nitrogens is 2. The predicted octanol–water partition coefficient (Wildman–Crippen LogP) is 2.70. The van der Waals surface area contributed by atoms with Gasteiger partial charge in [0.1, 0.15) is 12.4 Å². The lowest BCUT2D eigenvalue weighted by Gasteiger charge is -2.06. The third-order valence-electron chi connectivity index (χ3n) is 4.00. The number of rotatable bonds is 7. The van der Waals surface area contributed by atoms with Gasteiger partial charge in [0.05, 0.1) is 6.61 Å². The van der Waals surface area contributed by atoms with Crippen LogP contribution in [0.5, 0.6) is 0 Å². The summed E-state index contributed by atoms with van der Waals surface area (Å²) in [5, 5.41) is 1.20. The lowest BCUT2D eigenvalue weighted by Crippen LogP contribution is -2.21. The molecule has 0 radical (unpaired) electrons. The average molecular weight is 273 g/mol. The molecule has 1 unspecified atom stereocenters. The van der Waals surface area contributed by atoms with Crippen molar-refractivity contribution in [1.82, 2.24) is 9.55 Å². The van der Waals surface area contributed by atoms with Crippen LogP contribution >= 0.6 is 0 Å². The van der Waals surface area contributed by atoms with Gasteiger partial charge in [-0.15, -0.1) is 0 Å². The molecule has 1 atom stereocenters. The van der Waals surface area contributed by atoms with Crippen LogP contribution < -0.4 is 5.73 Å². The zero-order valence-corrected chi connectivity index (χ0v) is 12.1. The Kier molecular flexibility index (Phi) is 4.03. The first-order valence-corrected chi connectivity index (χ1v) is 7.54. The molecule has 1 aliphatic rings. The predicted molar refractivity (Wildman–Crippen MR) is 80.4 cm³/mol. The Morgan fingerprint density at radius 1 is 1.50 bits per heavy atom. The van der Waals surface area contributed by atoms with E-state index in [4.69, 9.17) is 10.5 Å². The van der Waals surface area contributed by atoms with E-state index >= 15 is 0 Å². The van der Waals surface area contributed by atoms with Crippen LogP contribution in [0.1, 0.15) is 31.7 Å². The van der Waals surface area contributed by atoms with Crippen LogP contribution in [0.4, 0.5) is 0 Å². The van der Waals surface area contributed by atoms with Gasteiger partial charge in [-0.2, -0.15) is 0 Å². The molecular weight excluding hydrogens is 250 g/mol. The monoisotopic (exact) mass is 273 g/mol. The number of hydrogen-bond acceptors (Lipinski definition) is 3. The van der Waals surface area contributed by atoms with E-state index in [2.05, 4.69) is 28.7 Å². The van der Waals surface area contributed by atoms with Gasteiger partial charge in [0.25, 0.3) is 0 Å². The Balaban J connectivity index is 1.79. The number of nitrogens with zero attached hydrogens (tertiary/aromatic N) is 2. The molecule has 0 spiro atoms. The van der Waals surface area contributed by atoms with E-state index in [0.29, 0.717) is 6.73 Å². The van der Waals surface area contributed by atoms with E-state index in [1.165, 1.54) is 23.8 Å². The van der Waals surface area contributed by atoms with Crippen LogP contribution in [-0.4, -0.2) is 22.2 Å². The van der Waals surface area contributed by atoms with Gasteiger partial charge in [0, 0.05) is 23.8 Å². The Morgan fingerprint density at radius 2 is 2.35 bits per heavy atom. The molecule has 2 aromatic heterocycles. The first-order valence-electron chi connectivity index (χ1n) is 7.54. The van der Waals surface area contributed by atoms with Crippen molar-refractivity contribution in [3.05, 3.63) is 30.1 Å². The Hall–Kier alpha value is -1.39. The van der Waals surface area contributed by atoms with Crippen LogP contribution in [0.3, 0.4) is 0 Å². The largest absolute Gasteiger partial charge is 0.360 e. The maximum Gasteiger partial charge on any atom is 0.142 e. The highest BCUT2D eigenvalue weighted by Gasteiger charge is 2.21. The highest BCUT2D eigenvalue weighted by molar-refractivity contribution is 5.80. The number of pyridine rings is 1. The Morgan fingerprint density at radius 3 is 3.10 bits per heavy atom. The van der Waals surface area contributed by atoms with Crippen LogP contribution in [0.15, 0.2) is 24.5 Å². The zero-order valence-electron chi connectivity index (χ0n) is 12.1. The summed E-state index contributed by atoms with van der Waals surface area (Å²) in [6.45, 7) is 3.59. The third kappa shape index (κ3) is 3.02. The van der Waals surface area contributed by atoms with Crippen molar-refractivity contribution < 1.29 is 4.74 Å². The zero-order chi connectivity index (χ0) is 13.9. The molecule has 0 bridgehead atoms. The molecule has 0 saturated heterocycles. The number of hydrogen-bond donors (Lipinski definition) is 1. The summed E-state index contributed by atoms with van der Waals surface area (Å²) >= 11 is 0. The molecule has 3 rings (SSSR count). The molecule has 108 valence electrons. The maximum absolute atomic E-state index is 6.09. The number of ether oxygens (including phenoxy) is 1. The molecule has 0 aliphatic heterocycles. The van der Waals surface area contributed by atoms with Gasteiger partial charge in [-0.3, -0.25) is 0 Å². The quantitative estimate of drug-likeness (QED) is 0.844. The summed E-state index contributed by atoms with van der Waals surface area (Å²) in [5.41, 5.74) is 8.37. The van der Waals surface area contributed by atoms with Crippen molar-refractivity contribution in [3.8, 4) is 0 Å². The number of nitrogens with two attached hydrogens (primary N) is 1. The second-order valence-corrected chi connectivity index (χ2v) is 5.81. The maximum atomic E-state index is 6.09. The molecule has 1 aliphatic carbocycles. The van der Waals surface area contributed by atoms with E-state index in [9.17, 15) is 0 Å². The average Bonchev–Trinajstić information content (AvgIpc) is 3.23. The molecule has 2 heterocycles. The van der Waals surface area contributed by atoms with Crippen LogP contribution in [0, 0.1) is 5.92 Å². The lowest BCUT2D eigenvalue weighted by atomic mass is 10.1. The first kappa shape index (κ1) is 13.6. The Bertz CT molecular complexity index is 574. The minimum absolute atomic E-state index is 0.210. The van der Waals surface area contributed by atoms with Gasteiger partial charge in [-0.1, -0.05) is 6.92 Å². The van der Waals surface area contributed by atoms with Gasteiger partial charge >= 0.3 is 0 Å². The molecule has 1 saturated carbocycles. The molecule has 2 N–H and O–H groups in total. The second kappa shape index (κ2) is 5.94. The first-order chi connectivity index (χ1) is 9.78. The van der Waals surface area contributed by atoms with Gasteiger partial charge in [-0.05, 0) is 49.3 Å². The topological polar surface area (TPSA) is 53.1 Å². The lowest BCUT2D eigenvalue weighted by molar-refractivity contribution is 0.0713. The molecule has 0 amide bonds. The fraction of sp³-hybridized carbons (Fsp3) is 0.562. The van der Waals surface area contributed by atoms with Crippen molar-refractivity contribution in [3.63, 3.8) is 0 Å². The summed E-state index contributed by atoms with van der Waals surface area (Å²) in [6, 6.07) is 4.32. The molecule has 20 heavy (non-hydrogen) atoms. The van der Waals surface area contributed by atoms with Crippen molar-refractivity contribution >= 4 is 11.0 Å². The number of fused-ring (bicyclic) bond motifs is 1. The van der Waals surface area contributed by atoms with Crippen molar-refractivity contribution in [2.75, 3.05) is 6.61 Å². The highest BCUT2D eigenvalue weighted by atomic mass is 16.5. The van der Waals surface area contributed by atoms with Gasteiger partial charge in [-0.25, -0.2) is 4.98 Å². The van der Waals surface area contributed by atoms with Crippen LogP contribution in [0.2, 0.25) is 0 Å². The van der Waals surface area contributed by atoms with Crippen molar-refractivity contribution in [2.45, 2.75) is 45.4 Å². The van der Waals surface area contributed by atoms with Crippen molar-refractivity contribution in [1.29, 1.82) is 0 Å². The SMILES string of the molecule is CCC(N)Cc1cn(COCC2CC2)c2ncccc12. The van der Waals surface area contributed by atoms with E-state index in [-0.39, 0.29) is 6.04 Å². The van der Waals surface area contributed by atoms with Gasteiger partial charge in [0.15, 0.2) is 0 Å². The minimum atomic E-state index is 0.210. The summed E-state index contributed by atoms with van der Waals surface area (Å²) < 4.78 is 7.89. The molecule has 0 aromatic carbocycles. The van der Waals surface area contributed by atoms with E-state index < -0.39 is 0 Å². The summed E-state index contributed by atoms with van der Waals surface area (Å²) in [6.07, 6.45) is 8.52. The molecule has 1 fully saturated rings. The normalized spacial score (nSPS) is 16.7. The van der Waals surface area contributed by atoms with E-state index in [0.717, 1.165) is 31.0 Å². The summed E-state index contributed by atoms with van der Waals surface area (Å²) in [7, 11) is 0. The second-order valence-electron chi connectivity index (χ2n) is 5.81. The van der Waals surface area contributed by atoms with Gasteiger partial charge < -0.3 is 15.0 Å². The standard InChI is InChI=1S/C16H23N3O/c1-2-14(17)8-13-9-19(11-20-10-12-5-6-12)16-15(13)4-3-7-18-16/h3-4,7,9,12,14H,2,5-6,8,10-11,17H2,1H3. The highest BCUT2D eigenvalue weighted by Crippen LogP contribution is 2.29. The molecule has 2 aromatic rings. The van der Waals surface area contributed by atoms with Crippen LogP contribution in [-0.2, 0) is 17.9 Å². The Labute approximate surface area is 119 Å². The summed E-state index contributed by atoms with van der Waals surface area (Å²) in [5.74, 6) is 0.790. The fourth-order valence-electron chi connectivity index (χ4n) is 2.49. The fourth-order valence-corrected chi connectivity index (χ4v) is 2.49.